The molecule has 5 nitrogen and oxygen atoms in total. The maximum atomic E-state index is 12.6. The Kier molecular flexibility index (Phi) is 3.21. The minimum atomic E-state index is -3.34. The zero-order valence-corrected chi connectivity index (χ0v) is 13.8. The molecule has 4 bridgehead atoms. The average molecular weight is 324 g/mol. The first-order valence-electron chi connectivity index (χ1n) is 8.25. The summed E-state index contributed by atoms with van der Waals surface area (Å²) in [7, 11) is -1.59. The van der Waals surface area contributed by atoms with Crippen molar-refractivity contribution in [3.63, 3.8) is 0 Å². The third-order valence-corrected chi connectivity index (χ3v) is 7.93. The molecule has 1 heterocycles. The van der Waals surface area contributed by atoms with E-state index in [4.69, 9.17) is 0 Å². The zero-order chi connectivity index (χ0) is 15.5. The number of hydrogen-bond acceptors (Lipinski definition) is 4. The van der Waals surface area contributed by atoms with Crippen LogP contribution in [0, 0.1) is 23.7 Å². The van der Waals surface area contributed by atoms with Gasteiger partial charge in [-0.15, -0.1) is 0 Å². The Morgan fingerprint density at radius 3 is 2.32 bits per heavy atom. The summed E-state index contributed by atoms with van der Waals surface area (Å²) in [6.45, 7) is 0. The largest absolute Gasteiger partial charge is 0.388 e. The van der Waals surface area contributed by atoms with E-state index in [1.807, 2.05) is 0 Å². The Labute approximate surface area is 131 Å². The van der Waals surface area contributed by atoms with Gasteiger partial charge in [0.05, 0.1) is 22.8 Å². The van der Waals surface area contributed by atoms with Gasteiger partial charge in [0.2, 0.25) is 0 Å². The molecule has 5 rings (SSSR count). The van der Waals surface area contributed by atoms with Crippen LogP contribution in [0.3, 0.4) is 0 Å². The van der Waals surface area contributed by atoms with E-state index in [0.717, 1.165) is 37.5 Å². The van der Waals surface area contributed by atoms with E-state index in [-0.39, 0.29) is 23.3 Å². The number of aromatic nitrogens is 2. The maximum Gasteiger partial charge on any atom is 0.158 e. The highest BCUT2D eigenvalue weighted by Gasteiger charge is 2.57. The van der Waals surface area contributed by atoms with Crippen LogP contribution in [0.15, 0.2) is 12.3 Å². The molecule has 4 fully saturated rings. The quantitative estimate of drug-likeness (QED) is 0.911. The van der Waals surface area contributed by atoms with Gasteiger partial charge in [0.1, 0.15) is 0 Å². The summed E-state index contributed by atoms with van der Waals surface area (Å²) < 4.78 is 26.9. The predicted octanol–water partition coefficient (Wildman–Crippen LogP) is 1.52. The topological polar surface area (TPSA) is 72.2 Å². The van der Waals surface area contributed by atoms with Crippen molar-refractivity contribution in [3.05, 3.63) is 18.0 Å². The summed E-state index contributed by atoms with van der Waals surface area (Å²) in [4.78, 5) is 0. The summed E-state index contributed by atoms with van der Waals surface area (Å²) in [5.74, 6) is 1.71. The lowest BCUT2D eigenvalue weighted by atomic mass is 9.50. The van der Waals surface area contributed by atoms with Crippen LogP contribution in [-0.2, 0) is 22.6 Å². The van der Waals surface area contributed by atoms with E-state index in [1.165, 1.54) is 6.42 Å². The van der Waals surface area contributed by atoms with Crippen molar-refractivity contribution >= 4 is 9.84 Å². The summed E-state index contributed by atoms with van der Waals surface area (Å²) in [5, 5.41) is 15.2. The molecule has 0 aromatic carbocycles. The molecule has 1 aromatic rings. The van der Waals surface area contributed by atoms with Gasteiger partial charge >= 0.3 is 0 Å². The fraction of sp³-hybridized carbons (Fsp3) is 0.812. The molecule has 1 N–H and O–H groups in total. The predicted molar refractivity (Wildman–Crippen MR) is 82.7 cm³/mol. The van der Waals surface area contributed by atoms with Crippen LogP contribution in [0.4, 0.5) is 0 Å². The fourth-order valence-electron chi connectivity index (χ4n) is 5.41. The summed E-state index contributed by atoms with van der Waals surface area (Å²) >= 11 is 0. The van der Waals surface area contributed by atoms with Crippen LogP contribution < -0.4 is 0 Å². The molecule has 4 aliphatic carbocycles. The third kappa shape index (κ3) is 2.31. The van der Waals surface area contributed by atoms with Crippen molar-refractivity contribution in [1.29, 1.82) is 0 Å². The summed E-state index contributed by atoms with van der Waals surface area (Å²) in [5.41, 5.74) is -0.308. The van der Waals surface area contributed by atoms with E-state index in [1.54, 1.807) is 24.0 Å². The SMILES string of the molecule is Cn1nccc1CS(=O)(=O)CC1(O)C2CC3CC(C2)CC1C3. The molecule has 0 spiro atoms. The molecule has 4 aliphatic rings. The van der Waals surface area contributed by atoms with E-state index in [9.17, 15) is 13.5 Å². The molecule has 6 heteroatoms. The van der Waals surface area contributed by atoms with Crippen LogP contribution in [-0.4, -0.2) is 34.7 Å². The number of nitrogens with zero attached hydrogens (tertiary/aromatic N) is 2. The Bertz CT molecular complexity index is 651. The molecule has 122 valence electrons. The minimum absolute atomic E-state index is 0.0297. The highest BCUT2D eigenvalue weighted by atomic mass is 32.2. The van der Waals surface area contributed by atoms with Gasteiger partial charge in [0.15, 0.2) is 9.84 Å². The Morgan fingerprint density at radius 2 is 1.82 bits per heavy atom. The molecule has 0 saturated heterocycles. The Morgan fingerprint density at radius 1 is 1.23 bits per heavy atom. The average Bonchev–Trinajstić information content (AvgIpc) is 2.80. The van der Waals surface area contributed by atoms with Crippen LogP contribution in [0.5, 0.6) is 0 Å². The third-order valence-electron chi connectivity index (χ3n) is 6.29. The second-order valence-corrected chi connectivity index (χ2v) is 9.84. The fourth-order valence-corrected chi connectivity index (χ4v) is 7.42. The van der Waals surface area contributed by atoms with Gasteiger partial charge in [0.25, 0.3) is 0 Å². The van der Waals surface area contributed by atoms with E-state index in [2.05, 4.69) is 5.10 Å². The van der Waals surface area contributed by atoms with Gasteiger partial charge < -0.3 is 5.11 Å². The lowest BCUT2D eigenvalue weighted by Gasteiger charge is -2.58. The first-order chi connectivity index (χ1) is 10.4. The molecule has 1 aromatic heterocycles. The summed E-state index contributed by atoms with van der Waals surface area (Å²) in [6.07, 6.45) is 6.98. The zero-order valence-electron chi connectivity index (χ0n) is 13.0. The van der Waals surface area contributed by atoms with E-state index < -0.39 is 15.4 Å². The molecule has 0 radical (unpaired) electrons. The molecular formula is C16H24N2O3S. The molecule has 22 heavy (non-hydrogen) atoms. The van der Waals surface area contributed by atoms with Crippen LogP contribution in [0.1, 0.15) is 37.8 Å². The molecule has 0 atom stereocenters. The second kappa shape index (κ2) is 4.81. The number of sulfone groups is 1. The van der Waals surface area contributed by atoms with Crippen molar-refractivity contribution < 1.29 is 13.5 Å². The first-order valence-corrected chi connectivity index (χ1v) is 10.1. The second-order valence-electron chi connectivity index (χ2n) is 7.77. The molecule has 0 amide bonds. The number of aryl methyl sites for hydroxylation is 1. The van der Waals surface area contributed by atoms with Crippen LogP contribution in [0.2, 0.25) is 0 Å². The number of hydrogen-bond donors (Lipinski definition) is 1. The van der Waals surface area contributed by atoms with Crippen molar-refractivity contribution in [2.75, 3.05) is 5.75 Å². The van der Waals surface area contributed by atoms with Gasteiger partial charge in [-0.1, -0.05) is 0 Å². The van der Waals surface area contributed by atoms with E-state index >= 15 is 0 Å². The lowest BCUT2D eigenvalue weighted by molar-refractivity contribution is -0.158. The molecule has 0 aliphatic heterocycles. The van der Waals surface area contributed by atoms with Crippen molar-refractivity contribution in [1.82, 2.24) is 9.78 Å². The molecule has 4 saturated carbocycles. The van der Waals surface area contributed by atoms with Gasteiger partial charge in [-0.2, -0.15) is 5.10 Å². The first kappa shape index (κ1) is 14.7. The van der Waals surface area contributed by atoms with Crippen molar-refractivity contribution in [2.45, 2.75) is 43.5 Å². The normalized spacial score (nSPS) is 40.3. The lowest BCUT2D eigenvalue weighted by Crippen LogP contribution is -2.60. The highest BCUT2D eigenvalue weighted by molar-refractivity contribution is 7.90. The van der Waals surface area contributed by atoms with E-state index in [0.29, 0.717) is 5.69 Å². The standard InChI is InChI=1S/C16H24N2O3S/c1-18-15(2-3-17-18)9-22(20,21)10-16(19)13-5-11-4-12(7-13)8-14(16)6-11/h2-3,11-14,19H,4-10H2,1H3. The van der Waals surface area contributed by atoms with Crippen LogP contribution >= 0.6 is 0 Å². The maximum absolute atomic E-state index is 12.6. The summed E-state index contributed by atoms with van der Waals surface area (Å²) in [6, 6.07) is 1.73. The van der Waals surface area contributed by atoms with Gasteiger partial charge in [0, 0.05) is 13.2 Å². The Hall–Kier alpha value is -0.880. The smallest absolute Gasteiger partial charge is 0.158 e. The highest BCUT2D eigenvalue weighted by Crippen LogP contribution is 2.58. The Balaban J connectivity index is 1.56. The number of aliphatic hydroxyl groups is 1. The van der Waals surface area contributed by atoms with Crippen molar-refractivity contribution in [2.24, 2.45) is 30.7 Å². The van der Waals surface area contributed by atoms with Gasteiger partial charge in [-0.3, -0.25) is 4.68 Å². The molecular weight excluding hydrogens is 300 g/mol. The minimum Gasteiger partial charge on any atom is -0.388 e. The van der Waals surface area contributed by atoms with Gasteiger partial charge in [-0.05, 0) is 61.8 Å². The molecule has 0 unspecified atom stereocenters. The monoisotopic (exact) mass is 324 g/mol. The van der Waals surface area contributed by atoms with Gasteiger partial charge in [-0.25, -0.2) is 8.42 Å². The number of rotatable bonds is 4. The van der Waals surface area contributed by atoms with Crippen molar-refractivity contribution in [3.8, 4) is 0 Å². The van der Waals surface area contributed by atoms with Crippen LogP contribution in [0.25, 0.3) is 0 Å².